The molecule has 7 heteroatoms. The first-order valence-electron chi connectivity index (χ1n) is 7.01. The van der Waals surface area contributed by atoms with Crippen molar-refractivity contribution in [2.24, 2.45) is 0 Å². The van der Waals surface area contributed by atoms with Gasteiger partial charge in [-0.25, -0.2) is 0 Å². The van der Waals surface area contributed by atoms with E-state index in [1.165, 1.54) is 0 Å². The van der Waals surface area contributed by atoms with E-state index in [0.717, 1.165) is 5.56 Å². The molecule has 2 fully saturated rings. The molecule has 2 aliphatic rings. The number of amides is 2. The Bertz CT molecular complexity index is 607. The van der Waals surface area contributed by atoms with Crippen LogP contribution in [0.3, 0.4) is 0 Å². The predicted octanol–water partition coefficient (Wildman–Crippen LogP) is 0.947. The zero-order valence-electron chi connectivity index (χ0n) is 12.6. The molecule has 0 N–H and O–H groups in total. The number of carbonyl (C=O) groups is 2. The van der Waals surface area contributed by atoms with Crippen LogP contribution in [0.2, 0.25) is 0 Å². The molecule has 0 aromatic heterocycles. The van der Waals surface area contributed by atoms with E-state index < -0.39 is 0 Å². The van der Waals surface area contributed by atoms with Gasteiger partial charge < -0.3 is 19.3 Å². The van der Waals surface area contributed by atoms with Gasteiger partial charge in [0.15, 0.2) is 11.5 Å². The van der Waals surface area contributed by atoms with Gasteiger partial charge in [-0.2, -0.15) is 0 Å². The molecule has 2 heterocycles. The summed E-state index contributed by atoms with van der Waals surface area (Å²) in [7, 11) is 3.15. The maximum atomic E-state index is 12.5. The maximum Gasteiger partial charge on any atom is 0.247 e. The average Bonchev–Trinajstić information content (AvgIpc) is 3.02. The van der Waals surface area contributed by atoms with Gasteiger partial charge in [0.1, 0.15) is 12.6 Å². The second-order valence-electron chi connectivity index (χ2n) is 5.26. The SMILES string of the molecule is COc1ccc(CN2CC(=O)N3CSCC3C2=O)cc1OC. The van der Waals surface area contributed by atoms with Crippen LogP contribution in [-0.4, -0.2) is 60.1 Å². The number of nitrogens with zero attached hydrogens (tertiary/aromatic N) is 2. The first-order chi connectivity index (χ1) is 10.6. The van der Waals surface area contributed by atoms with Crippen molar-refractivity contribution in [1.29, 1.82) is 0 Å². The number of fused-ring (bicyclic) bond motifs is 1. The fourth-order valence-electron chi connectivity index (χ4n) is 2.77. The standard InChI is InChI=1S/C15H18N2O4S/c1-20-12-4-3-10(5-13(12)21-2)6-16-7-14(18)17-9-22-8-11(17)15(16)19/h3-5,11H,6-9H2,1-2H3. The lowest BCUT2D eigenvalue weighted by Gasteiger charge is -2.35. The Morgan fingerprint density at radius 1 is 1.23 bits per heavy atom. The second kappa shape index (κ2) is 6.08. The van der Waals surface area contributed by atoms with Crippen molar-refractivity contribution in [3.8, 4) is 11.5 Å². The zero-order valence-corrected chi connectivity index (χ0v) is 13.4. The molecule has 0 radical (unpaired) electrons. The van der Waals surface area contributed by atoms with Crippen LogP contribution in [0.25, 0.3) is 0 Å². The van der Waals surface area contributed by atoms with Crippen LogP contribution >= 0.6 is 11.8 Å². The molecule has 0 saturated carbocycles. The number of benzene rings is 1. The number of ether oxygens (including phenoxy) is 2. The number of carbonyl (C=O) groups excluding carboxylic acids is 2. The summed E-state index contributed by atoms with van der Waals surface area (Å²) in [5.41, 5.74) is 0.915. The van der Waals surface area contributed by atoms with Crippen molar-refractivity contribution in [3.63, 3.8) is 0 Å². The number of methoxy groups -OCH3 is 2. The summed E-state index contributed by atoms with van der Waals surface area (Å²) in [6.07, 6.45) is 0. The molecule has 1 unspecified atom stereocenters. The number of thioether (sulfide) groups is 1. The van der Waals surface area contributed by atoms with Crippen molar-refractivity contribution in [1.82, 2.24) is 9.80 Å². The summed E-state index contributed by atoms with van der Waals surface area (Å²) < 4.78 is 10.5. The molecular weight excluding hydrogens is 304 g/mol. The highest BCUT2D eigenvalue weighted by Crippen LogP contribution is 2.30. The number of hydrogen-bond donors (Lipinski definition) is 0. The lowest BCUT2D eigenvalue weighted by Crippen LogP contribution is -2.57. The van der Waals surface area contributed by atoms with Crippen LogP contribution in [0.1, 0.15) is 5.56 Å². The van der Waals surface area contributed by atoms with Crippen LogP contribution in [0.4, 0.5) is 0 Å². The van der Waals surface area contributed by atoms with Gasteiger partial charge >= 0.3 is 0 Å². The Kier molecular flexibility index (Phi) is 4.15. The summed E-state index contributed by atoms with van der Waals surface area (Å²) in [6.45, 7) is 0.546. The minimum Gasteiger partial charge on any atom is -0.493 e. The lowest BCUT2D eigenvalue weighted by molar-refractivity contribution is -0.153. The third kappa shape index (κ3) is 2.61. The summed E-state index contributed by atoms with van der Waals surface area (Å²) in [6, 6.07) is 5.23. The van der Waals surface area contributed by atoms with E-state index in [1.807, 2.05) is 18.2 Å². The van der Waals surface area contributed by atoms with Crippen LogP contribution < -0.4 is 9.47 Å². The maximum absolute atomic E-state index is 12.5. The average molecular weight is 322 g/mol. The minimum atomic E-state index is -0.300. The largest absolute Gasteiger partial charge is 0.493 e. The molecule has 2 aliphatic heterocycles. The molecule has 118 valence electrons. The molecule has 1 aromatic rings. The molecule has 3 rings (SSSR count). The Morgan fingerprint density at radius 3 is 2.73 bits per heavy atom. The topological polar surface area (TPSA) is 59.1 Å². The van der Waals surface area contributed by atoms with Crippen LogP contribution in [0.15, 0.2) is 18.2 Å². The molecule has 2 amide bonds. The molecular formula is C15H18N2O4S. The van der Waals surface area contributed by atoms with Crippen molar-refractivity contribution in [2.45, 2.75) is 12.6 Å². The minimum absolute atomic E-state index is 0.0232. The fraction of sp³-hybridized carbons (Fsp3) is 0.467. The van der Waals surface area contributed by atoms with Gasteiger partial charge in [0.05, 0.1) is 20.1 Å². The van der Waals surface area contributed by atoms with Gasteiger partial charge in [-0.15, -0.1) is 11.8 Å². The van der Waals surface area contributed by atoms with Gasteiger partial charge in [0.2, 0.25) is 11.8 Å². The highest BCUT2D eigenvalue weighted by atomic mass is 32.2. The Hall–Kier alpha value is -1.89. The number of piperazine rings is 1. The Labute approximate surface area is 133 Å². The Morgan fingerprint density at radius 2 is 2.00 bits per heavy atom. The molecule has 0 bridgehead atoms. The van der Waals surface area contributed by atoms with Gasteiger partial charge in [0.25, 0.3) is 0 Å². The second-order valence-corrected chi connectivity index (χ2v) is 6.26. The summed E-state index contributed by atoms with van der Waals surface area (Å²) in [5, 5.41) is 0. The predicted molar refractivity (Wildman–Crippen MR) is 82.9 cm³/mol. The number of rotatable bonds is 4. The van der Waals surface area contributed by atoms with Crippen LogP contribution in [0, 0.1) is 0 Å². The first-order valence-corrected chi connectivity index (χ1v) is 8.16. The third-order valence-corrected chi connectivity index (χ3v) is 4.96. The van der Waals surface area contributed by atoms with Gasteiger partial charge in [0, 0.05) is 12.3 Å². The highest BCUT2D eigenvalue weighted by Gasteiger charge is 2.42. The van der Waals surface area contributed by atoms with E-state index in [2.05, 4.69) is 0 Å². The lowest BCUT2D eigenvalue weighted by atomic mass is 10.1. The molecule has 0 spiro atoms. The Balaban J connectivity index is 1.78. The van der Waals surface area contributed by atoms with Gasteiger partial charge in [-0.3, -0.25) is 9.59 Å². The zero-order chi connectivity index (χ0) is 15.7. The quantitative estimate of drug-likeness (QED) is 0.826. The number of hydrogen-bond acceptors (Lipinski definition) is 5. The van der Waals surface area contributed by atoms with Gasteiger partial charge in [-0.05, 0) is 17.7 Å². The third-order valence-electron chi connectivity index (χ3n) is 3.95. The summed E-state index contributed by atoms with van der Waals surface area (Å²) in [4.78, 5) is 27.9. The summed E-state index contributed by atoms with van der Waals surface area (Å²) in [5.74, 6) is 2.63. The summed E-state index contributed by atoms with van der Waals surface area (Å²) >= 11 is 1.63. The molecule has 2 saturated heterocycles. The van der Waals surface area contributed by atoms with E-state index in [0.29, 0.717) is 29.7 Å². The van der Waals surface area contributed by atoms with Crippen LogP contribution in [0.5, 0.6) is 11.5 Å². The van der Waals surface area contributed by atoms with Crippen molar-refractivity contribution >= 4 is 23.6 Å². The van der Waals surface area contributed by atoms with E-state index in [1.54, 1.807) is 35.8 Å². The van der Waals surface area contributed by atoms with Gasteiger partial charge in [-0.1, -0.05) is 6.07 Å². The molecule has 1 aromatic carbocycles. The van der Waals surface area contributed by atoms with Crippen molar-refractivity contribution < 1.29 is 19.1 Å². The van der Waals surface area contributed by atoms with Crippen molar-refractivity contribution in [2.75, 3.05) is 32.4 Å². The molecule has 0 aliphatic carbocycles. The van der Waals surface area contributed by atoms with E-state index >= 15 is 0 Å². The van der Waals surface area contributed by atoms with E-state index in [4.69, 9.17) is 9.47 Å². The van der Waals surface area contributed by atoms with Crippen molar-refractivity contribution in [3.05, 3.63) is 23.8 Å². The van der Waals surface area contributed by atoms with E-state index in [9.17, 15) is 9.59 Å². The molecule has 1 atom stereocenters. The normalized spacial score (nSPS) is 21.1. The highest BCUT2D eigenvalue weighted by molar-refractivity contribution is 7.99. The smallest absolute Gasteiger partial charge is 0.247 e. The molecule has 22 heavy (non-hydrogen) atoms. The first kappa shape index (κ1) is 15.0. The monoisotopic (exact) mass is 322 g/mol. The van der Waals surface area contributed by atoms with E-state index in [-0.39, 0.29) is 24.4 Å². The fourth-order valence-corrected chi connectivity index (χ4v) is 3.94. The molecule has 6 nitrogen and oxygen atoms in total. The van der Waals surface area contributed by atoms with Crippen LogP contribution in [-0.2, 0) is 16.1 Å².